The van der Waals surface area contributed by atoms with Gasteiger partial charge in [0.1, 0.15) is 5.82 Å². The van der Waals surface area contributed by atoms with Gasteiger partial charge < -0.3 is 15.1 Å². The molecule has 0 aliphatic carbocycles. The van der Waals surface area contributed by atoms with E-state index in [0.29, 0.717) is 19.6 Å². The van der Waals surface area contributed by atoms with Crippen molar-refractivity contribution >= 4 is 17.3 Å². The van der Waals surface area contributed by atoms with Crippen LogP contribution >= 0.6 is 0 Å². The number of anilines is 2. The minimum Gasteiger partial charge on any atom is -0.384 e. The molecule has 2 heterocycles. The minimum atomic E-state index is -0.234. The van der Waals surface area contributed by atoms with Crippen molar-refractivity contribution in [2.24, 2.45) is 5.92 Å². The molecule has 8 heteroatoms. The standard InChI is InChI=1S/C30H32FN3O.C6H4F.K.U/c1-21-6-3-4-9-29(21)34(20-23-7-5-8-27(31)18-23)22(2)24-13-16-33(17-14-24)30(35)26-10-11-28-25(19-26)12-15-32-28;7-6-4-2-1-3-5-6;;/h3-11,18-19,24,32H,2,12-17,20H2,1H3;1-2,4-5H;;/q;-1;+1;. The Labute approximate surface area is 326 Å². The van der Waals surface area contributed by atoms with Gasteiger partial charge in [0, 0.05) is 91.7 Å². The first-order valence-electron chi connectivity index (χ1n) is 14.4. The zero-order valence-electron chi connectivity index (χ0n) is 25.5. The van der Waals surface area contributed by atoms with Crippen LogP contribution in [0.3, 0.4) is 0 Å². The summed E-state index contributed by atoms with van der Waals surface area (Å²) in [4.78, 5) is 17.4. The molecule has 220 valence electrons. The van der Waals surface area contributed by atoms with Gasteiger partial charge in [-0.15, -0.1) is 12.1 Å². The first kappa shape index (κ1) is 36.7. The van der Waals surface area contributed by atoms with E-state index in [1.165, 1.54) is 23.8 Å². The molecule has 0 aromatic heterocycles. The summed E-state index contributed by atoms with van der Waals surface area (Å²) >= 11 is 0. The van der Waals surface area contributed by atoms with Gasteiger partial charge in [-0.05, 0) is 79.3 Å². The summed E-state index contributed by atoms with van der Waals surface area (Å²) in [5.74, 6) is -0.0924. The fourth-order valence-electron chi connectivity index (χ4n) is 5.65. The van der Waals surface area contributed by atoms with E-state index in [4.69, 9.17) is 0 Å². The van der Waals surface area contributed by atoms with Crippen LogP contribution in [0.2, 0.25) is 0 Å². The number of piperidine rings is 1. The smallest absolute Gasteiger partial charge is 0.384 e. The molecule has 0 spiro atoms. The molecule has 44 heavy (non-hydrogen) atoms. The molecular formula is C36H36F2KN3OU. The summed E-state index contributed by atoms with van der Waals surface area (Å²) in [6.07, 6.45) is 2.70. The molecule has 0 radical (unpaired) electrons. The number of hydrogen-bond acceptors (Lipinski definition) is 3. The molecular weight excluding hydrogens is 806 g/mol. The molecule has 1 N–H and O–H groups in total. The van der Waals surface area contributed by atoms with Crippen molar-refractivity contribution in [3.05, 3.63) is 143 Å². The molecule has 0 atom stereocenters. The van der Waals surface area contributed by atoms with Gasteiger partial charge in [-0.3, -0.25) is 9.18 Å². The second kappa shape index (κ2) is 17.8. The van der Waals surface area contributed by atoms with Crippen molar-refractivity contribution in [3.63, 3.8) is 0 Å². The fraction of sp³-hybridized carbons (Fsp3) is 0.250. The van der Waals surface area contributed by atoms with Crippen LogP contribution in [0.25, 0.3) is 0 Å². The third kappa shape index (κ3) is 9.62. The molecule has 0 saturated carbocycles. The number of carbonyl (C=O) groups excluding carboxylic acids is 1. The zero-order valence-corrected chi connectivity index (χ0v) is 32.7. The topological polar surface area (TPSA) is 35.6 Å². The Balaban J connectivity index is 0.000000520. The average Bonchev–Trinajstić information content (AvgIpc) is 3.49. The third-order valence-corrected chi connectivity index (χ3v) is 7.97. The van der Waals surface area contributed by atoms with E-state index in [-0.39, 0.29) is 106 Å². The normalized spacial score (nSPS) is 13.7. The molecule has 1 saturated heterocycles. The maximum atomic E-state index is 13.9. The predicted molar refractivity (Wildman–Crippen MR) is 165 cm³/mol. The Hall–Kier alpha value is -1.76. The summed E-state index contributed by atoms with van der Waals surface area (Å²) in [6, 6.07) is 29.5. The van der Waals surface area contributed by atoms with Crippen molar-refractivity contribution in [3.8, 4) is 0 Å². The Morgan fingerprint density at radius 1 is 1.00 bits per heavy atom. The Kier molecular flexibility index (Phi) is 14.9. The predicted octanol–water partition coefficient (Wildman–Crippen LogP) is 4.80. The summed E-state index contributed by atoms with van der Waals surface area (Å²) in [7, 11) is 0. The number of rotatable bonds is 6. The van der Waals surface area contributed by atoms with E-state index < -0.39 is 0 Å². The zero-order chi connectivity index (χ0) is 29.5. The van der Waals surface area contributed by atoms with Crippen LogP contribution in [0, 0.1) is 61.7 Å². The second-order valence-electron chi connectivity index (χ2n) is 10.8. The number of likely N-dealkylation sites (tertiary alicyclic amines) is 1. The number of carbonyl (C=O) groups is 1. The molecule has 0 unspecified atom stereocenters. The van der Waals surface area contributed by atoms with Crippen molar-refractivity contribution in [2.45, 2.75) is 32.7 Å². The molecule has 2 aliphatic rings. The number of aryl methyl sites for hydroxylation is 1. The molecule has 4 aromatic rings. The van der Waals surface area contributed by atoms with Gasteiger partial charge in [0.25, 0.3) is 5.91 Å². The van der Waals surface area contributed by atoms with Crippen LogP contribution in [0.5, 0.6) is 0 Å². The summed E-state index contributed by atoms with van der Waals surface area (Å²) in [6.45, 7) is 9.51. The monoisotopic (exact) mass is 841 g/mol. The number of nitrogens with one attached hydrogen (secondary N) is 1. The van der Waals surface area contributed by atoms with E-state index in [1.807, 2.05) is 41.3 Å². The van der Waals surface area contributed by atoms with E-state index in [9.17, 15) is 13.6 Å². The third-order valence-electron chi connectivity index (χ3n) is 7.97. The SMILES string of the molecule is C=C(C1CCN(C(=O)c2ccc3c(c2)CCN3)CC1)N(Cc1cccc(F)c1)c1ccccc1C.Fc1c[c-]ccc1.[K+].[U]. The van der Waals surface area contributed by atoms with Crippen molar-refractivity contribution in [2.75, 3.05) is 29.9 Å². The van der Waals surface area contributed by atoms with Gasteiger partial charge in [0.05, 0.1) is 0 Å². The number of nitrogens with zero attached hydrogens (tertiary/aromatic N) is 2. The Morgan fingerprint density at radius 3 is 2.41 bits per heavy atom. The van der Waals surface area contributed by atoms with Crippen molar-refractivity contribution in [1.82, 2.24) is 4.90 Å². The van der Waals surface area contributed by atoms with Crippen molar-refractivity contribution < 1.29 is 96.1 Å². The van der Waals surface area contributed by atoms with E-state index in [0.717, 1.165) is 59.6 Å². The van der Waals surface area contributed by atoms with Crippen LogP contribution in [0.1, 0.15) is 39.9 Å². The van der Waals surface area contributed by atoms with E-state index in [1.54, 1.807) is 24.3 Å². The number of hydrogen-bond donors (Lipinski definition) is 1. The number of allylic oxidation sites excluding steroid dienone is 1. The maximum absolute atomic E-state index is 13.9. The summed E-state index contributed by atoms with van der Waals surface area (Å²) in [5.41, 5.74) is 7.33. The molecule has 0 bridgehead atoms. The Bertz CT molecular complexity index is 1540. The fourth-order valence-corrected chi connectivity index (χ4v) is 5.65. The molecule has 4 aromatic carbocycles. The van der Waals surface area contributed by atoms with Gasteiger partial charge in [0.2, 0.25) is 0 Å². The van der Waals surface area contributed by atoms with Gasteiger partial charge >= 0.3 is 51.4 Å². The van der Waals surface area contributed by atoms with Crippen LogP contribution in [0.4, 0.5) is 20.2 Å². The van der Waals surface area contributed by atoms with Gasteiger partial charge in [0.15, 0.2) is 0 Å². The van der Waals surface area contributed by atoms with Gasteiger partial charge in [-0.2, -0.15) is 18.2 Å². The molecule has 1 fully saturated rings. The number of benzene rings is 4. The number of amides is 1. The average molecular weight is 842 g/mol. The number of fused-ring (bicyclic) bond motifs is 1. The van der Waals surface area contributed by atoms with Crippen molar-refractivity contribution in [1.29, 1.82) is 0 Å². The first-order valence-corrected chi connectivity index (χ1v) is 14.4. The molecule has 6 rings (SSSR count). The second-order valence-corrected chi connectivity index (χ2v) is 10.8. The largest absolute Gasteiger partial charge is 1.00 e. The van der Waals surface area contributed by atoms with Crippen LogP contribution in [-0.4, -0.2) is 30.4 Å². The van der Waals surface area contributed by atoms with Gasteiger partial charge in [-0.25, -0.2) is 4.39 Å². The van der Waals surface area contributed by atoms with E-state index in [2.05, 4.69) is 41.9 Å². The van der Waals surface area contributed by atoms with Crippen LogP contribution in [-0.2, 0) is 13.0 Å². The van der Waals surface area contributed by atoms with Crippen LogP contribution < -0.4 is 61.6 Å². The molecule has 1 amide bonds. The Morgan fingerprint density at radius 2 is 1.75 bits per heavy atom. The van der Waals surface area contributed by atoms with Crippen LogP contribution in [0.15, 0.2) is 103 Å². The summed E-state index contributed by atoms with van der Waals surface area (Å²) in [5, 5.41) is 3.35. The number of halogens is 2. The number of para-hydroxylation sites is 1. The maximum Gasteiger partial charge on any atom is 1.00 e. The molecule has 4 nitrogen and oxygen atoms in total. The van der Waals surface area contributed by atoms with E-state index >= 15 is 0 Å². The first-order chi connectivity index (χ1) is 20.4. The summed E-state index contributed by atoms with van der Waals surface area (Å²) < 4.78 is 25.8. The quantitative estimate of drug-likeness (QED) is 0.224. The minimum absolute atomic E-state index is 0. The van der Waals surface area contributed by atoms with Gasteiger partial charge in [-0.1, -0.05) is 36.9 Å². The molecule has 2 aliphatic heterocycles.